The first kappa shape index (κ1) is 17.2. The van der Waals surface area contributed by atoms with Gasteiger partial charge in [0.05, 0.1) is 0 Å². The lowest BCUT2D eigenvalue weighted by Gasteiger charge is -2.58. The van der Waals surface area contributed by atoms with Crippen LogP contribution in [0.15, 0.2) is 11.6 Å². The van der Waals surface area contributed by atoms with Gasteiger partial charge in [-0.2, -0.15) is 0 Å². The van der Waals surface area contributed by atoms with E-state index >= 15 is 0 Å². The Balaban J connectivity index is 1.60. The molecule has 1 unspecified atom stereocenters. The molecule has 24 heavy (non-hydrogen) atoms. The summed E-state index contributed by atoms with van der Waals surface area (Å²) in [6.45, 7) is 10.3. The molecule has 0 amide bonds. The van der Waals surface area contributed by atoms with Crippen LogP contribution in [-0.4, -0.2) is 0 Å². The predicted molar refractivity (Wildman–Crippen MR) is 104 cm³/mol. The molecule has 0 aromatic rings. The van der Waals surface area contributed by atoms with Gasteiger partial charge >= 0.3 is 0 Å². The number of rotatable bonds is 3. The zero-order chi connectivity index (χ0) is 16.9. The summed E-state index contributed by atoms with van der Waals surface area (Å²) in [6, 6.07) is 0. The van der Waals surface area contributed by atoms with Crippen molar-refractivity contribution in [3.63, 3.8) is 0 Å². The Morgan fingerprint density at radius 1 is 1.08 bits per heavy atom. The fourth-order valence-electron chi connectivity index (χ4n) is 8.33. The number of hydrogen-bond donors (Lipinski definition) is 0. The molecule has 0 aromatic heterocycles. The van der Waals surface area contributed by atoms with Crippen LogP contribution in [0.2, 0.25) is 0 Å². The lowest BCUT2D eigenvalue weighted by molar-refractivity contribution is -0.0499. The Kier molecular flexibility index (Phi) is 4.41. The lowest BCUT2D eigenvalue weighted by atomic mass is 9.47. The number of hydrogen-bond acceptors (Lipinski definition) is 0. The van der Waals surface area contributed by atoms with E-state index in [0.29, 0.717) is 10.8 Å². The molecule has 7 atom stereocenters. The van der Waals surface area contributed by atoms with Crippen molar-refractivity contribution < 1.29 is 0 Å². The molecule has 0 bridgehead atoms. The quantitative estimate of drug-likeness (QED) is 0.474. The third kappa shape index (κ3) is 2.38. The highest BCUT2D eigenvalue weighted by molar-refractivity contribution is 5.24. The van der Waals surface area contributed by atoms with Crippen LogP contribution in [0.1, 0.15) is 98.3 Å². The highest BCUT2D eigenvalue weighted by Crippen LogP contribution is 2.67. The van der Waals surface area contributed by atoms with Crippen LogP contribution < -0.4 is 0 Å². The van der Waals surface area contributed by atoms with Crippen LogP contribution in [-0.2, 0) is 0 Å². The first-order chi connectivity index (χ1) is 11.5. The predicted octanol–water partition coefficient (Wildman–Crippen LogP) is 7.39. The first-order valence-electron chi connectivity index (χ1n) is 11.2. The molecule has 3 saturated carbocycles. The zero-order valence-electron chi connectivity index (χ0n) is 16.7. The smallest absolute Gasteiger partial charge is 0.00853 e. The number of fused-ring (bicyclic) bond motifs is 5. The molecular formula is C24H40. The summed E-state index contributed by atoms with van der Waals surface area (Å²) in [5.74, 6) is 5.00. The van der Waals surface area contributed by atoms with E-state index in [-0.39, 0.29) is 0 Å². The molecule has 4 aliphatic carbocycles. The minimum atomic E-state index is 0.579. The fraction of sp³-hybridized carbons (Fsp3) is 0.917. The van der Waals surface area contributed by atoms with Gasteiger partial charge in [-0.3, -0.25) is 0 Å². The van der Waals surface area contributed by atoms with E-state index in [9.17, 15) is 0 Å². The second kappa shape index (κ2) is 6.17. The van der Waals surface area contributed by atoms with E-state index in [1.165, 1.54) is 70.6 Å². The average molecular weight is 329 g/mol. The molecule has 3 fully saturated rings. The zero-order valence-corrected chi connectivity index (χ0v) is 16.7. The molecular weight excluding hydrogens is 288 g/mol. The molecule has 0 radical (unpaired) electrons. The summed E-state index contributed by atoms with van der Waals surface area (Å²) >= 11 is 0. The standard InChI is InChI=1S/C24H40/c1-5-8-17(2)20-12-13-21-19-11-10-18-9-6-7-15-23(18,3)22(19)14-16-24(20,21)4/h10,17,19-22H,5-9,11-16H2,1-4H3/t17?,19-,20+,21-,22-,23-,24+/m0/s1. The molecule has 136 valence electrons. The van der Waals surface area contributed by atoms with E-state index in [1.807, 2.05) is 5.57 Å². The summed E-state index contributed by atoms with van der Waals surface area (Å²) in [5.41, 5.74) is 3.11. The van der Waals surface area contributed by atoms with E-state index in [4.69, 9.17) is 0 Å². The second-order valence-electron chi connectivity index (χ2n) is 10.5. The maximum absolute atomic E-state index is 2.73. The maximum atomic E-state index is 2.73. The topological polar surface area (TPSA) is 0 Å². The molecule has 0 aromatic carbocycles. The Labute approximate surface area is 150 Å². The minimum absolute atomic E-state index is 0.579. The van der Waals surface area contributed by atoms with Crippen LogP contribution in [0.3, 0.4) is 0 Å². The van der Waals surface area contributed by atoms with Gasteiger partial charge in [0.25, 0.3) is 0 Å². The number of allylic oxidation sites excluding steroid dienone is 2. The lowest BCUT2D eigenvalue weighted by Crippen LogP contribution is -2.50. The Hall–Kier alpha value is -0.260. The summed E-state index contributed by atoms with van der Waals surface area (Å²) in [4.78, 5) is 0. The molecule has 0 N–H and O–H groups in total. The van der Waals surface area contributed by atoms with Gasteiger partial charge in [0.2, 0.25) is 0 Å². The van der Waals surface area contributed by atoms with Gasteiger partial charge in [-0.05, 0) is 91.8 Å². The van der Waals surface area contributed by atoms with Gasteiger partial charge < -0.3 is 0 Å². The summed E-state index contributed by atoms with van der Waals surface area (Å²) in [7, 11) is 0. The summed E-state index contributed by atoms with van der Waals surface area (Å²) in [6.07, 6.45) is 18.9. The van der Waals surface area contributed by atoms with Crippen molar-refractivity contribution in [2.24, 2.45) is 40.4 Å². The fourth-order valence-corrected chi connectivity index (χ4v) is 8.33. The average Bonchev–Trinajstić information content (AvgIpc) is 2.92. The SMILES string of the molecule is CCCC(C)[C@H]1CC[C@H]2[C@@H]3CC=C4CCCC[C@]4(C)[C@H]3CC[C@]12C. The molecule has 0 nitrogen and oxygen atoms in total. The Morgan fingerprint density at radius 2 is 1.92 bits per heavy atom. The third-order valence-corrected chi connectivity index (χ3v) is 9.52. The maximum Gasteiger partial charge on any atom is -0.00853 e. The van der Waals surface area contributed by atoms with E-state index in [0.717, 1.165) is 29.6 Å². The van der Waals surface area contributed by atoms with Gasteiger partial charge in [-0.25, -0.2) is 0 Å². The monoisotopic (exact) mass is 328 g/mol. The van der Waals surface area contributed by atoms with Crippen molar-refractivity contribution in [3.05, 3.63) is 11.6 Å². The van der Waals surface area contributed by atoms with Crippen LogP contribution >= 0.6 is 0 Å². The third-order valence-electron chi connectivity index (χ3n) is 9.52. The molecule has 0 spiro atoms. The van der Waals surface area contributed by atoms with Crippen molar-refractivity contribution in [1.82, 2.24) is 0 Å². The summed E-state index contributed by atoms with van der Waals surface area (Å²) < 4.78 is 0. The molecule has 0 heterocycles. The molecule has 0 aliphatic heterocycles. The molecule has 4 aliphatic rings. The van der Waals surface area contributed by atoms with Crippen LogP contribution in [0.5, 0.6) is 0 Å². The van der Waals surface area contributed by atoms with E-state index in [2.05, 4.69) is 33.8 Å². The van der Waals surface area contributed by atoms with Crippen LogP contribution in [0, 0.1) is 40.4 Å². The van der Waals surface area contributed by atoms with E-state index in [1.54, 1.807) is 0 Å². The highest BCUT2D eigenvalue weighted by atomic mass is 14.6. The molecule has 0 saturated heterocycles. The van der Waals surface area contributed by atoms with Gasteiger partial charge in [-0.15, -0.1) is 0 Å². The van der Waals surface area contributed by atoms with Crippen molar-refractivity contribution in [3.8, 4) is 0 Å². The normalized spacial score (nSPS) is 48.9. The van der Waals surface area contributed by atoms with Gasteiger partial charge in [-0.1, -0.05) is 58.6 Å². The van der Waals surface area contributed by atoms with Crippen molar-refractivity contribution in [2.75, 3.05) is 0 Å². The van der Waals surface area contributed by atoms with Crippen molar-refractivity contribution in [2.45, 2.75) is 98.3 Å². The largest absolute Gasteiger partial charge is 0.0845 e. The van der Waals surface area contributed by atoms with Crippen LogP contribution in [0.4, 0.5) is 0 Å². The summed E-state index contributed by atoms with van der Waals surface area (Å²) in [5, 5.41) is 0. The first-order valence-corrected chi connectivity index (χ1v) is 11.2. The Morgan fingerprint density at radius 3 is 2.71 bits per heavy atom. The minimum Gasteiger partial charge on any atom is -0.0845 e. The van der Waals surface area contributed by atoms with Gasteiger partial charge in [0.15, 0.2) is 0 Å². The molecule has 0 heteroatoms. The van der Waals surface area contributed by atoms with Crippen LogP contribution in [0.25, 0.3) is 0 Å². The van der Waals surface area contributed by atoms with Crippen molar-refractivity contribution >= 4 is 0 Å². The van der Waals surface area contributed by atoms with Gasteiger partial charge in [0, 0.05) is 0 Å². The second-order valence-corrected chi connectivity index (χ2v) is 10.5. The van der Waals surface area contributed by atoms with E-state index < -0.39 is 0 Å². The van der Waals surface area contributed by atoms with Crippen molar-refractivity contribution in [1.29, 1.82) is 0 Å². The highest BCUT2D eigenvalue weighted by Gasteiger charge is 2.58. The molecule has 4 rings (SSSR count). The Bertz CT molecular complexity index is 502. The van der Waals surface area contributed by atoms with Gasteiger partial charge in [0.1, 0.15) is 0 Å².